The van der Waals surface area contributed by atoms with Gasteiger partial charge in [0.1, 0.15) is 0 Å². The summed E-state index contributed by atoms with van der Waals surface area (Å²) in [5.41, 5.74) is 5.07. The maximum Gasteiger partial charge on any atom is 0.271 e. The number of fused-ring (bicyclic) bond motifs is 1. The van der Waals surface area contributed by atoms with Crippen molar-refractivity contribution in [3.05, 3.63) is 66.0 Å². The lowest BCUT2D eigenvalue weighted by molar-refractivity contribution is 0.0955. The molecule has 22 heavy (non-hydrogen) atoms. The molecule has 0 fully saturated rings. The number of rotatable bonds is 4. The summed E-state index contributed by atoms with van der Waals surface area (Å²) >= 11 is 0. The number of aryl methyl sites for hydroxylation is 1. The lowest BCUT2D eigenvalue weighted by Crippen LogP contribution is -2.17. The Morgan fingerprint density at radius 3 is 2.68 bits per heavy atom. The van der Waals surface area contributed by atoms with Crippen molar-refractivity contribution in [1.82, 2.24) is 15.0 Å². The van der Waals surface area contributed by atoms with Crippen LogP contribution in [0, 0.1) is 0 Å². The van der Waals surface area contributed by atoms with Gasteiger partial charge in [0.2, 0.25) is 0 Å². The molecule has 0 aliphatic heterocycles. The summed E-state index contributed by atoms with van der Waals surface area (Å²) in [6.07, 6.45) is 1.57. The normalized spacial score (nSPS) is 11.1. The number of para-hydroxylation sites is 2. The van der Waals surface area contributed by atoms with E-state index in [9.17, 15) is 4.79 Å². The lowest BCUT2D eigenvalue weighted by Gasteiger charge is -2.02. The minimum atomic E-state index is -0.240. The van der Waals surface area contributed by atoms with Crippen LogP contribution in [0.5, 0.6) is 0 Å². The SMILES string of the molecule is CCn1c(/C=N/NC(=O)c2ccccc2)nc2ccccc21. The van der Waals surface area contributed by atoms with Gasteiger partial charge in [0.05, 0.1) is 17.2 Å². The van der Waals surface area contributed by atoms with Crippen LogP contribution in [0.15, 0.2) is 59.7 Å². The quantitative estimate of drug-likeness (QED) is 0.594. The zero-order valence-electron chi connectivity index (χ0n) is 12.2. The third kappa shape index (κ3) is 2.74. The molecule has 5 heteroatoms. The maximum atomic E-state index is 11.9. The Kier molecular flexibility index (Phi) is 3.96. The molecule has 0 saturated heterocycles. The predicted octanol–water partition coefficient (Wildman–Crippen LogP) is 2.82. The second-order valence-electron chi connectivity index (χ2n) is 4.77. The Morgan fingerprint density at radius 1 is 1.18 bits per heavy atom. The van der Waals surface area contributed by atoms with Crippen LogP contribution in [0.2, 0.25) is 0 Å². The Bertz CT molecular complexity index is 821. The minimum Gasteiger partial charge on any atom is -0.323 e. The highest BCUT2D eigenvalue weighted by Gasteiger charge is 2.07. The monoisotopic (exact) mass is 292 g/mol. The molecule has 1 aromatic heterocycles. The minimum absolute atomic E-state index is 0.240. The summed E-state index contributed by atoms with van der Waals surface area (Å²) in [5.74, 6) is 0.480. The molecule has 2 aromatic carbocycles. The Hall–Kier alpha value is -2.95. The van der Waals surface area contributed by atoms with Crippen molar-refractivity contribution < 1.29 is 4.79 Å². The number of imidazole rings is 1. The van der Waals surface area contributed by atoms with Crippen LogP contribution in [-0.2, 0) is 6.54 Å². The zero-order chi connectivity index (χ0) is 15.4. The van der Waals surface area contributed by atoms with Crippen molar-refractivity contribution in [3.63, 3.8) is 0 Å². The van der Waals surface area contributed by atoms with Gasteiger partial charge in [0.15, 0.2) is 5.82 Å². The van der Waals surface area contributed by atoms with Crippen molar-refractivity contribution in [2.24, 2.45) is 5.10 Å². The molecular weight excluding hydrogens is 276 g/mol. The number of carbonyl (C=O) groups excluding carboxylic acids is 1. The van der Waals surface area contributed by atoms with Gasteiger partial charge in [-0.2, -0.15) is 5.10 Å². The van der Waals surface area contributed by atoms with E-state index in [1.54, 1.807) is 18.3 Å². The van der Waals surface area contributed by atoms with Gasteiger partial charge in [-0.1, -0.05) is 30.3 Å². The summed E-state index contributed by atoms with van der Waals surface area (Å²) in [7, 11) is 0. The van der Waals surface area contributed by atoms with Crippen LogP contribution in [0.1, 0.15) is 23.1 Å². The van der Waals surface area contributed by atoms with Crippen LogP contribution in [0.3, 0.4) is 0 Å². The molecule has 0 aliphatic rings. The number of aromatic nitrogens is 2. The van der Waals surface area contributed by atoms with Crippen molar-refractivity contribution in [2.45, 2.75) is 13.5 Å². The molecule has 110 valence electrons. The van der Waals surface area contributed by atoms with Crippen molar-refractivity contribution >= 4 is 23.2 Å². The van der Waals surface area contributed by atoms with E-state index in [0.717, 1.165) is 23.4 Å². The van der Waals surface area contributed by atoms with Gasteiger partial charge >= 0.3 is 0 Å². The van der Waals surface area contributed by atoms with E-state index in [1.165, 1.54) is 0 Å². The maximum absolute atomic E-state index is 11.9. The molecule has 0 radical (unpaired) electrons. The van der Waals surface area contributed by atoms with Crippen LogP contribution >= 0.6 is 0 Å². The molecule has 1 N–H and O–H groups in total. The average molecular weight is 292 g/mol. The first-order valence-electron chi connectivity index (χ1n) is 7.13. The number of carbonyl (C=O) groups is 1. The summed E-state index contributed by atoms with van der Waals surface area (Å²) in [5, 5.41) is 4.01. The van der Waals surface area contributed by atoms with Crippen LogP contribution in [0.25, 0.3) is 11.0 Å². The van der Waals surface area contributed by atoms with E-state index in [1.807, 2.05) is 54.0 Å². The van der Waals surface area contributed by atoms with E-state index >= 15 is 0 Å². The van der Waals surface area contributed by atoms with E-state index in [-0.39, 0.29) is 5.91 Å². The predicted molar refractivity (Wildman–Crippen MR) is 86.9 cm³/mol. The number of nitrogens with zero attached hydrogens (tertiary/aromatic N) is 3. The third-order valence-corrected chi connectivity index (χ3v) is 3.38. The fourth-order valence-corrected chi connectivity index (χ4v) is 2.33. The summed E-state index contributed by atoms with van der Waals surface area (Å²) in [4.78, 5) is 16.4. The molecule has 0 atom stereocenters. The second-order valence-corrected chi connectivity index (χ2v) is 4.77. The van der Waals surface area contributed by atoms with Gasteiger partial charge < -0.3 is 4.57 Å². The molecular formula is C17H16N4O. The number of hydrogen-bond donors (Lipinski definition) is 1. The fourth-order valence-electron chi connectivity index (χ4n) is 2.33. The molecule has 0 bridgehead atoms. The Labute approximate surface area is 128 Å². The summed E-state index contributed by atoms with van der Waals surface area (Å²) in [6, 6.07) is 16.9. The van der Waals surface area contributed by atoms with Gasteiger partial charge in [0.25, 0.3) is 5.91 Å². The van der Waals surface area contributed by atoms with Gasteiger partial charge in [-0.25, -0.2) is 10.4 Å². The van der Waals surface area contributed by atoms with Crippen LogP contribution < -0.4 is 5.43 Å². The number of nitrogens with one attached hydrogen (secondary N) is 1. The van der Waals surface area contributed by atoms with Gasteiger partial charge in [-0.15, -0.1) is 0 Å². The number of amides is 1. The standard InChI is InChI=1S/C17H16N4O/c1-2-21-15-11-7-6-10-14(15)19-16(21)12-18-20-17(22)13-8-4-3-5-9-13/h3-12H,2H2,1H3,(H,20,22)/b18-12+. The second kappa shape index (κ2) is 6.22. The lowest BCUT2D eigenvalue weighted by atomic mass is 10.2. The van der Waals surface area contributed by atoms with Crippen molar-refractivity contribution in [2.75, 3.05) is 0 Å². The topological polar surface area (TPSA) is 59.3 Å². The number of hydrogen-bond acceptors (Lipinski definition) is 3. The molecule has 0 unspecified atom stereocenters. The summed E-state index contributed by atoms with van der Waals surface area (Å²) in [6.45, 7) is 2.84. The van der Waals surface area contributed by atoms with Gasteiger partial charge in [-0.05, 0) is 31.2 Å². The van der Waals surface area contributed by atoms with Crippen LogP contribution in [-0.4, -0.2) is 21.7 Å². The van der Waals surface area contributed by atoms with E-state index in [4.69, 9.17) is 0 Å². The van der Waals surface area contributed by atoms with E-state index in [2.05, 4.69) is 15.5 Å². The van der Waals surface area contributed by atoms with Crippen molar-refractivity contribution in [1.29, 1.82) is 0 Å². The molecule has 3 aromatic rings. The fraction of sp³-hybridized carbons (Fsp3) is 0.118. The Balaban J connectivity index is 1.80. The van der Waals surface area contributed by atoms with Gasteiger partial charge in [-0.3, -0.25) is 4.79 Å². The highest BCUT2D eigenvalue weighted by atomic mass is 16.2. The van der Waals surface area contributed by atoms with E-state index in [0.29, 0.717) is 5.56 Å². The summed E-state index contributed by atoms with van der Waals surface area (Å²) < 4.78 is 2.05. The van der Waals surface area contributed by atoms with Crippen LogP contribution in [0.4, 0.5) is 0 Å². The smallest absolute Gasteiger partial charge is 0.271 e. The van der Waals surface area contributed by atoms with E-state index < -0.39 is 0 Å². The van der Waals surface area contributed by atoms with Crippen molar-refractivity contribution in [3.8, 4) is 0 Å². The zero-order valence-corrected chi connectivity index (χ0v) is 12.2. The first kappa shape index (κ1) is 14.0. The third-order valence-electron chi connectivity index (χ3n) is 3.38. The molecule has 0 spiro atoms. The average Bonchev–Trinajstić information content (AvgIpc) is 2.93. The highest BCUT2D eigenvalue weighted by molar-refractivity contribution is 5.94. The Morgan fingerprint density at radius 2 is 1.91 bits per heavy atom. The molecule has 5 nitrogen and oxygen atoms in total. The first-order chi connectivity index (χ1) is 10.8. The molecule has 3 rings (SSSR count). The molecule has 0 saturated carbocycles. The molecule has 1 amide bonds. The molecule has 0 aliphatic carbocycles. The van der Waals surface area contributed by atoms with Gasteiger partial charge in [0, 0.05) is 12.1 Å². The highest BCUT2D eigenvalue weighted by Crippen LogP contribution is 2.14. The molecule has 1 heterocycles. The largest absolute Gasteiger partial charge is 0.323 e. The number of hydrazone groups is 1. The first-order valence-corrected chi connectivity index (χ1v) is 7.13. The number of benzene rings is 2.